The molecular weight excluding hydrogens is 144 g/mol. The van der Waals surface area contributed by atoms with Gasteiger partial charge in [0.15, 0.2) is 6.61 Å². The van der Waals surface area contributed by atoms with E-state index in [4.69, 9.17) is 9.84 Å². The first kappa shape index (κ1) is 7.60. The summed E-state index contributed by atoms with van der Waals surface area (Å²) in [6.07, 6.45) is 1.58. The molecule has 0 atom stereocenters. The zero-order chi connectivity index (χ0) is 8.10. The second-order valence-electron chi connectivity index (χ2n) is 1.93. The maximum absolute atomic E-state index is 9.75. The molecule has 0 aliphatic rings. The third-order valence-electron chi connectivity index (χ3n) is 1.12. The number of hydrogen-bond donors (Lipinski definition) is 1. The highest BCUT2D eigenvalue weighted by atomic mass is 16.5. The molecule has 0 aromatic heterocycles. The average Bonchev–Trinajstić information content (AvgIpc) is 2.01. The summed E-state index contributed by atoms with van der Waals surface area (Å²) in [5, 5.41) is 8.93. The van der Waals surface area contributed by atoms with E-state index in [1.165, 1.54) is 12.1 Å². The lowest BCUT2D eigenvalue weighted by Gasteiger charge is -2.00. The standard InChI is InChI=1S/C8H7O3/c9-4-5-11-8-3-1-2-7(10)6-8/h1-3,6,10H,5H2. The molecule has 3 heteroatoms. The molecule has 11 heavy (non-hydrogen) atoms. The lowest BCUT2D eigenvalue weighted by Crippen LogP contribution is -1.96. The van der Waals surface area contributed by atoms with Crippen LogP contribution in [0.3, 0.4) is 0 Å². The van der Waals surface area contributed by atoms with Crippen molar-refractivity contribution in [3.63, 3.8) is 0 Å². The monoisotopic (exact) mass is 151 g/mol. The Morgan fingerprint density at radius 1 is 1.55 bits per heavy atom. The van der Waals surface area contributed by atoms with E-state index in [0.29, 0.717) is 5.75 Å². The second-order valence-corrected chi connectivity index (χ2v) is 1.93. The van der Waals surface area contributed by atoms with Gasteiger partial charge in [-0.05, 0) is 12.1 Å². The van der Waals surface area contributed by atoms with Gasteiger partial charge in [0.2, 0.25) is 6.29 Å². The number of hydrogen-bond acceptors (Lipinski definition) is 3. The number of aromatic hydroxyl groups is 1. The highest BCUT2D eigenvalue weighted by Crippen LogP contribution is 2.16. The van der Waals surface area contributed by atoms with Crippen LogP contribution in [0.4, 0.5) is 0 Å². The van der Waals surface area contributed by atoms with Crippen molar-refractivity contribution in [3.05, 3.63) is 24.3 Å². The van der Waals surface area contributed by atoms with Gasteiger partial charge in [-0.25, -0.2) is 0 Å². The molecule has 0 amide bonds. The van der Waals surface area contributed by atoms with Gasteiger partial charge in [-0.2, -0.15) is 0 Å². The fraction of sp³-hybridized carbons (Fsp3) is 0.125. The van der Waals surface area contributed by atoms with Crippen LogP contribution in [0.1, 0.15) is 0 Å². The van der Waals surface area contributed by atoms with E-state index in [0.717, 1.165) is 0 Å². The van der Waals surface area contributed by atoms with Crippen molar-refractivity contribution < 1.29 is 14.6 Å². The molecule has 0 saturated heterocycles. The van der Waals surface area contributed by atoms with Gasteiger partial charge in [-0.1, -0.05) is 6.07 Å². The molecule has 0 aliphatic heterocycles. The predicted octanol–water partition coefficient (Wildman–Crippen LogP) is 0.881. The maximum Gasteiger partial charge on any atom is 0.239 e. The summed E-state index contributed by atoms with van der Waals surface area (Å²) in [4.78, 5) is 9.75. The third-order valence-corrected chi connectivity index (χ3v) is 1.12. The van der Waals surface area contributed by atoms with Crippen molar-refractivity contribution in [1.82, 2.24) is 0 Å². The molecule has 3 nitrogen and oxygen atoms in total. The summed E-state index contributed by atoms with van der Waals surface area (Å²) in [6, 6.07) is 6.24. The molecule has 0 fully saturated rings. The fourth-order valence-corrected chi connectivity index (χ4v) is 0.686. The number of rotatable bonds is 3. The van der Waals surface area contributed by atoms with E-state index in [-0.39, 0.29) is 12.4 Å². The van der Waals surface area contributed by atoms with E-state index in [9.17, 15) is 4.79 Å². The number of phenols is 1. The van der Waals surface area contributed by atoms with Gasteiger partial charge in [0, 0.05) is 6.07 Å². The first-order chi connectivity index (χ1) is 5.33. The predicted molar refractivity (Wildman–Crippen MR) is 39.3 cm³/mol. The maximum atomic E-state index is 9.75. The molecule has 1 rings (SSSR count). The Morgan fingerprint density at radius 3 is 3.00 bits per heavy atom. The van der Waals surface area contributed by atoms with Gasteiger partial charge in [-0.15, -0.1) is 0 Å². The molecule has 0 bridgehead atoms. The summed E-state index contributed by atoms with van der Waals surface area (Å²) >= 11 is 0. The van der Waals surface area contributed by atoms with Crippen molar-refractivity contribution in [2.75, 3.05) is 6.61 Å². The Morgan fingerprint density at radius 2 is 2.36 bits per heavy atom. The first-order valence-electron chi connectivity index (χ1n) is 3.10. The summed E-state index contributed by atoms with van der Waals surface area (Å²) < 4.78 is 4.85. The van der Waals surface area contributed by atoms with Crippen LogP contribution < -0.4 is 4.74 Å². The molecule has 0 heterocycles. The van der Waals surface area contributed by atoms with Gasteiger partial charge in [0.25, 0.3) is 0 Å². The smallest absolute Gasteiger partial charge is 0.239 e. The molecule has 1 radical (unpaired) electrons. The van der Waals surface area contributed by atoms with Crippen molar-refractivity contribution >= 4 is 6.29 Å². The summed E-state index contributed by atoms with van der Waals surface area (Å²) in [6.45, 7) is -0.108. The molecule has 1 aromatic rings. The average molecular weight is 151 g/mol. The lowest BCUT2D eigenvalue weighted by atomic mass is 10.3. The quantitative estimate of drug-likeness (QED) is 0.697. The zero-order valence-electron chi connectivity index (χ0n) is 5.78. The van der Waals surface area contributed by atoms with Crippen LogP contribution in [0.5, 0.6) is 11.5 Å². The fourth-order valence-electron chi connectivity index (χ4n) is 0.686. The Bertz CT molecular complexity index is 245. The Balaban J connectivity index is 2.63. The van der Waals surface area contributed by atoms with Crippen LogP contribution in [0, 0.1) is 0 Å². The lowest BCUT2D eigenvalue weighted by molar-refractivity contribution is 0.361. The Kier molecular flexibility index (Phi) is 2.49. The van der Waals surface area contributed by atoms with E-state index in [1.54, 1.807) is 18.4 Å². The second kappa shape index (κ2) is 3.61. The molecule has 1 N–H and O–H groups in total. The largest absolute Gasteiger partial charge is 0.508 e. The van der Waals surface area contributed by atoms with E-state index in [2.05, 4.69) is 0 Å². The molecule has 0 unspecified atom stereocenters. The topological polar surface area (TPSA) is 46.5 Å². The number of benzene rings is 1. The van der Waals surface area contributed by atoms with E-state index >= 15 is 0 Å². The van der Waals surface area contributed by atoms with Gasteiger partial charge < -0.3 is 9.84 Å². The highest BCUT2D eigenvalue weighted by molar-refractivity contribution is 5.52. The normalized spacial score (nSPS) is 9.09. The number of carbonyl (C=O) groups excluding carboxylic acids is 1. The molecule has 1 aromatic carbocycles. The first-order valence-corrected chi connectivity index (χ1v) is 3.10. The van der Waals surface area contributed by atoms with Gasteiger partial charge in [0.1, 0.15) is 11.5 Å². The van der Waals surface area contributed by atoms with Crippen LogP contribution in [0.2, 0.25) is 0 Å². The third kappa shape index (κ3) is 2.29. The Labute approximate surface area is 64.2 Å². The van der Waals surface area contributed by atoms with Gasteiger partial charge in [0.05, 0.1) is 0 Å². The van der Waals surface area contributed by atoms with E-state index in [1.807, 2.05) is 0 Å². The van der Waals surface area contributed by atoms with Gasteiger partial charge >= 0.3 is 0 Å². The van der Waals surface area contributed by atoms with Crippen LogP contribution >= 0.6 is 0 Å². The summed E-state index contributed by atoms with van der Waals surface area (Å²) in [5.41, 5.74) is 0. The minimum absolute atomic E-state index is 0.108. The molecule has 57 valence electrons. The highest BCUT2D eigenvalue weighted by Gasteiger charge is 1.92. The Hall–Kier alpha value is -1.51. The number of phenolic OH excluding ortho intramolecular Hbond substituents is 1. The van der Waals surface area contributed by atoms with Crippen molar-refractivity contribution in [2.24, 2.45) is 0 Å². The van der Waals surface area contributed by atoms with Crippen molar-refractivity contribution in [1.29, 1.82) is 0 Å². The van der Waals surface area contributed by atoms with Crippen LogP contribution in [-0.2, 0) is 4.79 Å². The van der Waals surface area contributed by atoms with Crippen LogP contribution in [0.15, 0.2) is 24.3 Å². The summed E-state index contributed by atoms with van der Waals surface area (Å²) in [5.74, 6) is 0.585. The number of ether oxygens (including phenoxy) is 1. The molecular formula is C8H7O3. The minimum Gasteiger partial charge on any atom is -0.508 e. The van der Waals surface area contributed by atoms with Gasteiger partial charge in [-0.3, -0.25) is 4.79 Å². The minimum atomic E-state index is -0.108. The SMILES string of the molecule is O=[C]COc1cccc(O)c1. The van der Waals surface area contributed by atoms with Crippen LogP contribution in [0.25, 0.3) is 0 Å². The zero-order valence-corrected chi connectivity index (χ0v) is 5.78. The van der Waals surface area contributed by atoms with Crippen molar-refractivity contribution in [3.8, 4) is 11.5 Å². The van der Waals surface area contributed by atoms with Crippen LogP contribution in [-0.4, -0.2) is 18.0 Å². The van der Waals surface area contributed by atoms with E-state index < -0.39 is 0 Å². The molecule has 0 aliphatic carbocycles. The molecule has 0 saturated carbocycles. The molecule has 0 spiro atoms. The summed E-state index contributed by atoms with van der Waals surface area (Å²) in [7, 11) is 0. The van der Waals surface area contributed by atoms with Crippen molar-refractivity contribution in [2.45, 2.75) is 0 Å².